The average Bonchev–Trinajstić information content (AvgIpc) is 2.48. The number of carbonyl (C=O) groups is 1. The van der Waals surface area contributed by atoms with Crippen molar-refractivity contribution in [2.24, 2.45) is 0 Å². The van der Waals surface area contributed by atoms with E-state index in [4.69, 9.17) is 0 Å². The van der Waals surface area contributed by atoms with E-state index in [0.717, 1.165) is 31.6 Å². The van der Waals surface area contributed by atoms with Crippen LogP contribution < -0.4 is 5.32 Å². The van der Waals surface area contributed by atoms with E-state index in [1.54, 1.807) is 17.9 Å². The molecule has 1 N–H and O–H groups in total. The number of rotatable bonds is 4. The highest BCUT2D eigenvalue weighted by Crippen LogP contribution is 2.21. The van der Waals surface area contributed by atoms with E-state index in [1.165, 1.54) is 12.4 Å². The smallest absolute Gasteiger partial charge is 0.244 e. The van der Waals surface area contributed by atoms with Crippen LogP contribution in [0.25, 0.3) is 11.3 Å². The van der Waals surface area contributed by atoms with Crippen LogP contribution in [0.1, 0.15) is 13.3 Å². The van der Waals surface area contributed by atoms with Gasteiger partial charge < -0.3 is 10.2 Å². The molecular formula is C16H16F2N4O. The first kappa shape index (κ1) is 15.3. The maximum atomic E-state index is 13.3. The molecule has 120 valence electrons. The van der Waals surface area contributed by atoms with Crippen LogP contribution in [-0.4, -0.2) is 39.9 Å². The van der Waals surface area contributed by atoms with Crippen molar-refractivity contribution in [3.8, 4) is 11.3 Å². The molecule has 1 aromatic heterocycles. The molecule has 1 fully saturated rings. The molecule has 1 aromatic carbocycles. The van der Waals surface area contributed by atoms with E-state index in [9.17, 15) is 13.6 Å². The lowest BCUT2D eigenvalue weighted by molar-refractivity contribution is -0.135. The molecule has 0 saturated carbocycles. The number of nitrogens with zero attached hydrogens (tertiary/aromatic N) is 3. The quantitative estimate of drug-likeness (QED) is 0.941. The van der Waals surface area contributed by atoms with Gasteiger partial charge in [-0.25, -0.2) is 18.7 Å². The molecule has 1 amide bonds. The highest BCUT2D eigenvalue weighted by Gasteiger charge is 2.25. The first-order valence-electron chi connectivity index (χ1n) is 7.37. The fraction of sp³-hybridized carbons (Fsp3) is 0.312. The van der Waals surface area contributed by atoms with Crippen LogP contribution in [0.5, 0.6) is 0 Å². The van der Waals surface area contributed by atoms with Crippen molar-refractivity contribution in [2.75, 3.05) is 18.4 Å². The molecule has 7 heteroatoms. The molecule has 1 atom stereocenters. The minimum Gasteiger partial charge on any atom is -0.359 e. The largest absolute Gasteiger partial charge is 0.359 e. The standard InChI is InChI=1S/C16H16F2N4O/c1-10(16(23)22-5-2-6-22)21-15-8-14(19-9-20-15)11-3-4-12(17)13(18)7-11/h3-4,7-10H,2,5-6H2,1H3,(H,19,20,21)/t10-/m1/s1. The summed E-state index contributed by atoms with van der Waals surface area (Å²) in [6.45, 7) is 3.34. The molecule has 0 radical (unpaired) electrons. The maximum Gasteiger partial charge on any atom is 0.244 e. The lowest BCUT2D eigenvalue weighted by Crippen LogP contribution is -2.48. The van der Waals surface area contributed by atoms with Gasteiger partial charge in [0.15, 0.2) is 11.6 Å². The average molecular weight is 318 g/mol. The molecule has 1 aliphatic heterocycles. The topological polar surface area (TPSA) is 58.1 Å². The van der Waals surface area contributed by atoms with E-state index < -0.39 is 17.7 Å². The van der Waals surface area contributed by atoms with Crippen LogP contribution in [0.2, 0.25) is 0 Å². The highest BCUT2D eigenvalue weighted by molar-refractivity contribution is 5.84. The summed E-state index contributed by atoms with van der Waals surface area (Å²) in [5.74, 6) is -1.36. The third-order valence-electron chi connectivity index (χ3n) is 3.78. The normalized spacial score (nSPS) is 15.0. The number of halogens is 2. The number of nitrogens with one attached hydrogen (secondary N) is 1. The molecule has 2 aromatic rings. The first-order valence-corrected chi connectivity index (χ1v) is 7.37. The Kier molecular flexibility index (Phi) is 4.18. The summed E-state index contributed by atoms with van der Waals surface area (Å²) in [5.41, 5.74) is 0.890. The number of hydrogen-bond donors (Lipinski definition) is 1. The van der Waals surface area contributed by atoms with Crippen LogP contribution in [0.3, 0.4) is 0 Å². The Bertz CT molecular complexity index is 734. The third kappa shape index (κ3) is 3.28. The molecule has 0 unspecified atom stereocenters. The second-order valence-electron chi connectivity index (χ2n) is 5.46. The number of amides is 1. The van der Waals surface area contributed by atoms with E-state index >= 15 is 0 Å². The Morgan fingerprint density at radius 2 is 2.00 bits per heavy atom. The number of carbonyl (C=O) groups excluding carboxylic acids is 1. The molecule has 0 aliphatic carbocycles. The van der Waals surface area contributed by atoms with Crippen LogP contribution in [0, 0.1) is 11.6 Å². The third-order valence-corrected chi connectivity index (χ3v) is 3.78. The van der Waals surface area contributed by atoms with Crippen molar-refractivity contribution in [3.63, 3.8) is 0 Å². The van der Waals surface area contributed by atoms with Gasteiger partial charge in [-0.2, -0.15) is 0 Å². The van der Waals surface area contributed by atoms with Crippen LogP contribution in [-0.2, 0) is 4.79 Å². The Labute approximate surface area is 132 Å². The number of anilines is 1. The summed E-state index contributed by atoms with van der Waals surface area (Å²) in [4.78, 5) is 22.0. The van der Waals surface area contributed by atoms with Crippen LogP contribution in [0.15, 0.2) is 30.6 Å². The summed E-state index contributed by atoms with van der Waals surface area (Å²) < 4.78 is 26.3. The van der Waals surface area contributed by atoms with E-state index in [0.29, 0.717) is 17.1 Å². The van der Waals surface area contributed by atoms with Gasteiger partial charge in [0.1, 0.15) is 18.2 Å². The summed E-state index contributed by atoms with van der Waals surface area (Å²) in [6.07, 6.45) is 2.35. The van der Waals surface area contributed by atoms with Gasteiger partial charge in [-0.05, 0) is 31.5 Å². The Hall–Kier alpha value is -2.57. The molecule has 1 saturated heterocycles. The second kappa shape index (κ2) is 6.28. The van der Waals surface area contributed by atoms with Gasteiger partial charge in [0.05, 0.1) is 5.69 Å². The minimum absolute atomic E-state index is 0.0178. The number of hydrogen-bond acceptors (Lipinski definition) is 4. The van der Waals surface area contributed by atoms with Gasteiger partial charge in [0, 0.05) is 24.7 Å². The van der Waals surface area contributed by atoms with Crippen molar-refractivity contribution in [1.29, 1.82) is 0 Å². The molecular weight excluding hydrogens is 302 g/mol. The van der Waals surface area contributed by atoms with Crippen LogP contribution >= 0.6 is 0 Å². The van der Waals surface area contributed by atoms with Gasteiger partial charge >= 0.3 is 0 Å². The Morgan fingerprint density at radius 3 is 2.65 bits per heavy atom. The number of likely N-dealkylation sites (tertiary alicyclic amines) is 1. The van der Waals surface area contributed by atoms with Crippen molar-refractivity contribution in [2.45, 2.75) is 19.4 Å². The summed E-state index contributed by atoms with van der Waals surface area (Å²) in [6, 6.07) is 4.76. The first-order chi connectivity index (χ1) is 11.0. The minimum atomic E-state index is -0.933. The van der Waals surface area contributed by atoms with Gasteiger partial charge in [-0.15, -0.1) is 0 Å². The Balaban J connectivity index is 1.76. The van der Waals surface area contributed by atoms with E-state index in [-0.39, 0.29) is 5.91 Å². The van der Waals surface area contributed by atoms with Crippen molar-refractivity contribution in [3.05, 3.63) is 42.2 Å². The molecule has 23 heavy (non-hydrogen) atoms. The van der Waals surface area contributed by atoms with E-state index in [2.05, 4.69) is 15.3 Å². The monoisotopic (exact) mass is 318 g/mol. The molecule has 2 heterocycles. The predicted octanol–water partition coefficient (Wildman–Crippen LogP) is 2.45. The molecule has 5 nitrogen and oxygen atoms in total. The van der Waals surface area contributed by atoms with Crippen molar-refractivity contribution in [1.82, 2.24) is 14.9 Å². The lowest BCUT2D eigenvalue weighted by Gasteiger charge is -2.33. The number of benzene rings is 1. The summed E-state index contributed by atoms with van der Waals surface area (Å²) in [7, 11) is 0. The zero-order valence-corrected chi connectivity index (χ0v) is 12.6. The number of aromatic nitrogens is 2. The van der Waals surface area contributed by atoms with Crippen molar-refractivity contribution < 1.29 is 13.6 Å². The molecule has 3 rings (SSSR count). The van der Waals surface area contributed by atoms with Gasteiger partial charge in [-0.1, -0.05) is 0 Å². The van der Waals surface area contributed by atoms with Crippen molar-refractivity contribution >= 4 is 11.7 Å². The maximum absolute atomic E-state index is 13.3. The van der Waals surface area contributed by atoms with E-state index in [1.807, 2.05) is 0 Å². The highest BCUT2D eigenvalue weighted by atomic mass is 19.2. The molecule has 1 aliphatic rings. The fourth-order valence-corrected chi connectivity index (χ4v) is 2.34. The SMILES string of the molecule is C[C@@H](Nc1cc(-c2ccc(F)c(F)c2)ncn1)C(=O)N1CCC1. The molecule has 0 spiro atoms. The van der Waals surface area contributed by atoms with Gasteiger partial charge in [0.25, 0.3) is 0 Å². The Morgan fingerprint density at radius 1 is 1.22 bits per heavy atom. The zero-order valence-electron chi connectivity index (χ0n) is 12.6. The fourth-order valence-electron chi connectivity index (χ4n) is 2.34. The predicted molar refractivity (Wildman–Crippen MR) is 81.7 cm³/mol. The van der Waals surface area contributed by atoms with Gasteiger partial charge in [0.2, 0.25) is 5.91 Å². The zero-order chi connectivity index (χ0) is 16.4. The summed E-state index contributed by atoms with van der Waals surface area (Å²) >= 11 is 0. The summed E-state index contributed by atoms with van der Waals surface area (Å²) in [5, 5.41) is 3.02. The molecule has 0 bridgehead atoms. The van der Waals surface area contributed by atoms with Gasteiger partial charge in [-0.3, -0.25) is 4.79 Å². The lowest BCUT2D eigenvalue weighted by atomic mass is 10.1. The van der Waals surface area contributed by atoms with Crippen LogP contribution in [0.4, 0.5) is 14.6 Å². The second-order valence-corrected chi connectivity index (χ2v) is 5.46.